The third-order valence-electron chi connectivity index (χ3n) is 3.40. The summed E-state index contributed by atoms with van der Waals surface area (Å²) in [7, 11) is 0. The van der Waals surface area contributed by atoms with Gasteiger partial charge in [-0.3, -0.25) is 4.79 Å². The number of nitrogens with one attached hydrogen (secondary N) is 1. The van der Waals surface area contributed by atoms with Gasteiger partial charge in [0.2, 0.25) is 0 Å². The monoisotopic (exact) mass is 298 g/mol. The summed E-state index contributed by atoms with van der Waals surface area (Å²) in [5.74, 6) is -0.160. The van der Waals surface area contributed by atoms with Crippen LogP contribution in [-0.4, -0.2) is 10.9 Å². The summed E-state index contributed by atoms with van der Waals surface area (Å²) in [6.07, 6.45) is 0. The predicted molar refractivity (Wildman–Crippen MR) is 89.4 cm³/mol. The first-order valence-corrected chi connectivity index (χ1v) is 7.13. The van der Waals surface area contributed by atoms with Gasteiger partial charge >= 0.3 is 0 Å². The summed E-state index contributed by atoms with van der Waals surface area (Å²) < 4.78 is 0. The first-order chi connectivity index (χ1) is 10.0. The Bertz CT molecular complexity index is 647. The summed E-state index contributed by atoms with van der Waals surface area (Å²) in [6, 6.07) is 14.8. The van der Waals surface area contributed by atoms with E-state index in [0.717, 1.165) is 16.7 Å². The first-order valence-electron chi connectivity index (χ1n) is 6.72. The van der Waals surface area contributed by atoms with E-state index in [9.17, 15) is 4.79 Å². The molecule has 0 heterocycles. The SMILES string of the molecule is Cc1cccc(C)c1C(=O)NC(C(N)=S)c1ccccc1. The van der Waals surface area contributed by atoms with Crippen LogP contribution in [0.25, 0.3) is 0 Å². The van der Waals surface area contributed by atoms with E-state index in [1.54, 1.807) is 0 Å². The molecule has 0 radical (unpaired) electrons. The van der Waals surface area contributed by atoms with E-state index in [1.165, 1.54) is 0 Å². The summed E-state index contributed by atoms with van der Waals surface area (Å²) in [6.45, 7) is 3.83. The van der Waals surface area contributed by atoms with Crippen molar-refractivity contribution in [2.75, 3.05) is 0 Å². The van der Waals surface area contributed by atoms with Crippen LogP contribution in [0.3, 0.4) is 0 Å². The van der Waals surface area contributed by atoms with Crippen LogP contribution in [0.5, 0.6) is 0 Å². The van der Waals surface area contributed by atoms with Gasteiger partial charge < -0.3 is 11.1 Å². The third-order valence-corrected chi connectivity index (χ3v) is 3.64. The topological polar surface area (TPSA) is 55.1 Å². The maximum atomic E-state index is 12.5. The number of hydrogen-bond acceptors (Lipinski definition) is 2. The lowest BCUT2D eigenvalue weighted by molar-refractivity contribution is 0.0945. The van der Waals surface area contributed by atoms with Crippen LogP contribution >= 0.6 is 12.2 Å². The van der Waals surface area contributed by atoms with Crippen molar-refractivity contribution >= 4 is 23.1 Å². The van der Waals surface area contributed by atoms with Gasteiger partial charge in [-0.15, -0.1) is 0 Å². The molecular formula is C17H18N2OS. The molecule has 1 unspecified atom stereocenters. The van der Waals surface area contributed by atoms with Gasteiger partial charge in [0, 0.05) is 5.56 Å². The van der Waals surface area contributed by atoms with E-state index in [2.05, 4.69) is 5.32 Å². The zero-order chi connectivity index (χ0) is 15.4. The lowest BCUT2D eigenvalue weighted by atomic mass is 10.0. The number of nitrogens with two attached hydrogens (primary N) is 1. The average molecular weight is 298 g/mol. The normalized spacial score (nSPS) is 11.7. The highest BCUT2D eigenvalue weighted by atomic mass is 32.1. The molecule has 21 heavy (non-hydrogen) atoms. The molecule has 1 atom stereocenters. The van der Waals surface area contributed by atoms with Crippen LogP contribution in [-0.2, 0) is 0 Å². The number of aryl methyl sites for hydroxylation is 2. The molecule has 0 fully saturated rings. The number of carbonyl (C=O) groups is 1. The summed E-state index contributed by atoms with van der Waals surface area (Å²) >= 11 is 5.10. The maximum absolute atomic E-state index is 12.5. The molecule has 0 aromatic heterocycles. The quantitative estimate of drug-likeness (QED) is 0.853. The third kappa shape index (κ3) is 3.47. The molecule has 3 N–H and O–H groups in total. The second-order valence-corrected chi connectivity index (χ2v) is 5.46. The molecule has 0 saturated heterocycles. The highest BCUT2D eigenvalue weighted by Crippen LogP contribution is 2.17. The smallest absolute Gasteiger partial charge is 0.252 e. The Balaban J connectivity index is 2.30. The van der Waals surface area contributed by atoms with E-state index in [4.69, 9.17) is 18.0 Å². The number of carbonyl (C=O) groups excluding carboxylic acids is 1. The average Bonchev–Trinajstić information content (AvgIpc) is 2.45. The van der Waals surface area contributed by atoms with Crippen molar-refractivity contribution in [3.05, 3.63) is 70.8 Å². The fraction of sp³-hybridized carbons (Fsp3) is 0.176. The fourth-order valence-electron chi connectivity index (χ4n) is 2.34. The zero-order valence-corrected chi connectivity index (χ0v) is 12.9. The predicted octanol–water partition coefficient (Wildman–Crippen LogP) is 3.06. The van der Waals surface area contributed by atoms with Crippen molar-refractivity contribution in [3.8, 4) is 0 Å². The minimum atomic E-state index is -0.465. The van der Waals surface area contributed by atoms with Gasteiger partial charge in [0.05, 0.1) is 0 Å². The van der Waals surface area contributed by atoms with Gasteiger partial charge in [0.1, 0.15) is 11.0 Å². The molecule has 0 spiro atoms. The van der Waals surface area contributed by atoms with Crippen molar-refractivity contribution in [2.24, 2.45) is 5.73 Å². The Kier molecular flexibility index (Phi) is 4.70. The first kappa shape index (κ1) is 15.2. The Morgan fingerprint density at radius 1 is 1.05 bits per heavy atom. The van der Waals surface area contributed by atoms with Crippen molar-refractivity contribution in [1.82, 2.24) is 5.32 Å². The highest BCUT2D eigenvalue weighted by Gasteiger charge is 2.20. The van der Waals surface area contributed by atoms with Crippen LogP contribution in [0.4, 0.5) is 0 Å². The van der Waals surface area contributed by atoms with Crippen LogP contribution < -0.4 is 11.1 Å². The van der Waals surface area contributed by atoms with Crippen molar-refractivity contribution in [1.29, 1.82) is 0 Å². The van der Waals surface area contributed by atoms with Gasteiger partial charge in [-0.05, 0) is 30.5 Å². The minimum absolute atomic E-state index is 0.160. The molecule has 0 aliphatic rings. The van der Waals surface area contributed by atoms with Gasteiger partial charge in [-0.1, -0.05) is 60.7 Å². The van der Waals surface area contributed by atoms with E-state index < -0.39 is 6.04 Å². The molecule has 108 valence electrons. The Morgan fingerprint density at radius 2 is 1.62 bits per heavy atom. The van der Waals surface area contributed by atoms with Crippen molar-refractivity contribution < 1.29 is 4.79 Å². The van der Waals surface area contributed by atoms with Gasteiger partial charge in [0.15, 0.2) is 0 Å². The van der Waals surface area contributed by atoms with E-state index in [1.807, 2.05) is 62.4 Å². The molecule has 4 heteroatoms. The molecule has 2 aromatic rings. The standard InChI is InChI=1S/C17H18N2OS/c1-11-7-6-8-12(2)14(11)17(20)19-15(16(18)21)13-9-4-3-5-10-13/h3-10,15H,1-2H3,(H2,18,21)(H,19,20). The molecule has 2 aromatic carbocycles. The van der Waals surface area contributed by atoms with Crippen LogP contribution in [0.15, 0.2) is 48.5 Å². The van der Waals surface area contributed by atoms with Gasteiger partial charge in [0.25, 0.3) is 5.91 Å². The fourth-order valence-corrected chi connectivity index (χ4v) is 2.54. The largest absolute Gasteiger partial charge is 0.391 e. The van der Waals surface area contributed by atoms with E-state index in [-0.39, 0.29) is 10.9 Å². The Labute approximate surface area is 130 Å². The molecule has 0 aliphatic heterocycles. The zero-order valence-electron chi connectivity index (χ0n) is 12.1. The van der Waals surface area contributed by atoms with E-state index >= 15 is 0 Å². The lowest BCUT2D eigenvalue weighted by Crippen LogP contribution is -2.37. The number of benzene rings is 2. The summed E-state index contributed by atoms with van der Waals surface area (Å²) in [5, 5.41) is 2.93. The molecule has 1 amide bonds. The minimum Gasteiger partial charge on any atom is -0.391 e. The number of thiocarbonyl (C=S) groups is 1. The molecular weight excluding hydrogens is 280 g/mol. The Morgan fingerprint density at radius 3 is 2.14 bits per heavy atom. The lowest BCUT2D eigenvalue weighted by Gasteiger charge is -2.19. The van der Waals surface area contributed by atoms with Crippen LogP contribution in [0, 0.1) is 13.8 Å². The van der Waals surface area contributed by atoms with Crippen LogP contribution in [0.1, 0.15) is 33.1 Å². The van der Waals surface area contributed by atoms with Crippen molar-refractivity contribution in [2.45, 2.75) is 19.9 Å². The summed E-state index contributed by atoms with van der Waals surface area (Å²) in [5.41, 5.74) is 9.21. The number of rotatable bonds is 4. The Hall–Kier alpha value is -2.20. The van der Waals surface area contributed by atoms with E-state index in [0.29, 0.717) is 5.56 Å². The van der Waals surface area contributed by atoms with Gasteiger partial charge in [-0.25, -0.2) is 0 Å². The number of hydrogen-bond donors (Lipinski definition) is 2. The maximum Gasteiger partial charge on any atom is 0.252 e. The molecule has 3 nitrogen and oxygen atoms in total. The molecule has 2 rings (SSSR count). The molecule has 0 saturated carbocycles. The van der Waals surface area contributed by atoms with Crippen LogP contribution in [0.2, 0.25) is 0 Å². The molecule has 0 aliphatic carbocycles. The second kappa shape index (κ2) is 6.50. The highest BCUT2D eigenvalue weighted by molar-refractivity contribution is 7.80. The van der Waals surface area contributed by atoms with Crippen molar-refractivity contribution in [3.63, 3.8) is 0 Å². The second-order valence-electron chi connectivity index (χ2n) is 4.99. The summed E-state index contributed by atoms with van der Waals surface area (Å²) in [4.78, 5) is 12.8. The van der Waals surface area contributed by atoms with Gasteiger partial charge in [-0.2, -0.15) is 0 Å². The molecule has 0 bridgehead atoms. The number of amides is 1.